The van der Waals surface area contributed by atoms with Crippen molar-refractivity contribution in [2.45, 2.75) is 25.4 Å². The van der Waals surface area contributed by atoms with Crippen molar-refractivity contribution in [3.05, 3.63) is 20.8 Å². The van der Waals surface area contributed by atoms with Gasteiger partial charge in [-0.05, 0) is 47.8 Å². The summed E-state index contributed by atoms with van der Waals surface area (Å²) in [5, 5.41) is 2.13. The summed E-state index contributed by atoms with van der Waals surface area (Å²) in [6.45, 7) is 3.49. The Morgan fingerprint density at radius 2 is 2.28 bits per heavy atom. The van der Waals surface area contributed by atoms with Gasteiger partial charge in [0, 0.05) is 47.1 Å². The summed E-state index contributed by atoms with van der Waals surface area (Å²) in [6.07, 6.45) is 2.28. The fourth-order valence-electron chi connectivity index (χ4n) is 2.63. The Balaban J connectivity index is 1.93. The maximum Gasteiger partial charge on any atom is 0.0469 e. The molecule has 2 rings (SSSR count). The van der Waals surface area contributed by atoms with Crippen molar-refractivity contribution in [3.63, 3.8) is 0 Å². The molecule has 1 aliphatic rings. The standard InChI is InChI=1S/C13H21BrN2OS/c1-16(8-12-6-11(14)9-18-12)13(7-15)10-2-4-17-5-3-10/h6,9-10,13H,2-5,7-8,15H2,1H3. The molecule has 0 spiro atoms. The zero-order valence-electron chi connectivity index (χ0n) is 10.8. The number of nitrogens with zero attached hydrogens (tertiary/aromatic N) is 1. The molecule has 1 unspecified atom stereocenters. The second-order valence-electron chi connectivity index (χ2n) is 4.90. The van der Waals surface area contributed by atoms with E-state index < -0.39 is 0 Å². The summed E-state index contributed by atoms with van der Waals surface area (Å²) in [4.78, 5) is 3.78. The van der Waals surface area contributed by atoms with Crippen molar-refractivity contribution in [1.29, 1.82) is 0 Å². The first kappa shape index (κ1) is 14.5. The number of rotatable bonds is 5. The van der Waals surface area contributed by atoms with Crippen LogP contribution in [-0.4, -0.2) is 37.7 Å². The molecule has 0 aliphatic carbocycles. The van der Waals surface area contributed by atoms with Gasteiger partial charge in [-0.25, -0.2) is 0 Å². The molecule has 3 nitrogen and oxygen atoms in total. The van der Waals surface area contributed by atoms with Crippen LogP contribution in [0.15, 0.2) is 15.9 Å². The minimum atomic E-state index is 0.467. The summed E-state index contributed by atoms with van der Waals surface area (Å²) < 4.78 is 6.60. The summed E-state index contributed by atoms with van der Waals surface area (Å²) in [5.41, 5.74) is 5.98. The minimum absolute atomic E-state index is 0.467. The van der Waals surface area contributed by atoms with E-state index in [0.29, 0.717) is 12.0 Å². The molecule has 1 saturated heterocycles. The molecule has 1 atom stereocenters. The summed E-state index contributed by atoms with van der Waals surface area (Å²) in [6, 6.07) is 2.66. The highest BCUT2D eigenvalue weighted by Gasteiger charge is 2.26. The number of likely N-dealkylation sites (N-methyl/N-ethyl adjacent to an activating group) is 1. The molecular formula is C13H21BrN2OS. The molecule has 102 valence electrons. The van der Waals surface area contributed by atoms with Crippen molar-refractivity contribution >= 4 is 27.3 Å². The molecule has 0 saturated carbocycles. The Labute approximate surface area is 121 Å². The molecular weight excluding hydrogens is 312 g/mol. The van der Waals surface area contributed by atoms with Crippen LogP contribution in [0.2, 0.25) is 0 Å². The minimum Gasteiger partial charge on any atom is -0.381 e. The van der Waals surface area contributed by atoms with E-state index in [9.17, 15) is 0 Å². The number of thiophene rings is 1. The predicted octanol–water partition coefficient (Wildman–Crippen LogP) is 2.70. The van der Waals surface area contributed by atoms with Crippen LogP contribution in [-0.2, 0) is 11.3 Å². The Morgan fingerprint density at radius 3 is 2.83 bits per heavy atom. The normalized spacial score (nSPS) is 19.3. The van der Waals surface area contributed by atoms with Crippen LogP contribution in [0.5, 0.6) is 0 Å². The van der Waals surface area contributed by atoms with Gasteiger partial charge in [-0.15, -0.1) is 11.3 Å². The summed E-state index contributed by atoms with van der Waals surface area (Å²) in [5.74, 6) is 0.678. The van der Waals surface area contributed by atoms with Gasteiger partial charge in [0.15, 0.2) is 0 Å². The van der Waals surface area contributed by atoms with Gasteiger partial charge in [-0.2, -0.15) is 0 Å². The van der Waals surface area contributed by atoms with Gasteiger partial charge in [0.1, 0.15) is 0 Å². The Hall–Kier alpha value is 0.0600. The first-order valence-corrected chi connectivity index (χ1v) is 8.09. The van der Waals surface area contributed by atoms with E-state index >= 15 is 0 Å². The van der Waals surface area contributed by atoms with E-state index in [2.05, 4.69) is 39.3 Å². The average molecular weight is 333 g/mol. The van der Waals surface area contributed by atoms with Gasteiger partial charge in [-0.1, -0.05) is 0 Å². The van der Waals surface area contributed by atoms with Crippen molar-refractivity contribution in [2.75, 3.05) is 26.8 Å². The van der Waals surface area contributed by atoms with Crippen LogP contribution in [0.4, 0.5) is 0 Å². The highest BCUT2D eigenvalue weighted by molar-refractivity contribution is 9.10. The molecule has 1 aliphatic heterocycles. The smallest absolute Gasteiger partial charge is 0.0469 e. The topological polar surface area (TPSA) is 38.5 Å². The summed E-state index contributed by atoms with van der Waals surface area (Å²) >= 11 is 5.30. The number of ether oxygens (including phenoxy) is 1. The maximum absolute atomic E-state index is 5.98. The average Bonchev–Trinajstić information content (AvgIpc) is 2.77. The lowest BCUT2D eigenvalue weighted by molar-refractivity contribution is 0.0323. The fourth-order valence-corrected chi connectivity index (χ4v) is 4.15. The maximum atomic E-state index is 5.98. The lowest BCUT2D eigenvalue weighted by Crippen LogP contribution is -2.44. The van der Waals surface area contributed by atoms with Gasteiger partial charge in [0.25, 0.3) is 0 Å². The third kappa shape index (κ3) is 3.78. The molecule has 0 aromatic carbocycles. The van der Waals surface area contributed by atoms with Crippen molar-refractivity contribution in [1.82, 2.24) is 4.90 Å². The van der Waals surface area contributed by atoms with Gasteiger partial charge in [-0.3, -0.25) is 4.90 Å². The zero-order valence-corrected chi connectivity index (χ0v) is 13.2. The number of halogens is 1. The molecule has 2 heterocycles. The van der Waals surface area contributed by atoms with E-state index in [1.165, 1.54) is 9.35 Å². The van der Waals surface area contributed by atoms with Crippen LogP contribution >= 0.6 is 27.3 Å². The van der Waals surface area contributed by atoms with E-state index in [1.54, 1.807) is 11.3 Å². The highest BCUT2D eigenvalue weighted by Crippen LogP contribution is 2.25. The Morgan fingerprint density at radius 1 is 1.56 bits per heavy atom. The molecule has 5 heteroatoms. The van der Waals surface area contributed by atoms with E-state index in [1.807, 2.05) is 0 Å². The van der Waals surface area contributed by atoms with E-state index in [4.69, 9.17) is 10.5 Å². The van der Waals surface area contributed by atoms with Gasteiger partial charge in [0.05, 0.1) is 0 Å². The monoisotopic (exact) mass is 332 g/mol. The van der Waals surface area contributed by atoms with Crippen molar-refractivity contribution < 1.29 is 4.74 Å². The van der Waals surface area contributed by atoms with E-state index in [-0.39, 0.29) is 0 Å². The van der Waals surface area contributed by atoms with Crippen LogP contribution in [0.25, 0.3) is 0 Å². The fraction of sp³-hybridized carbons (Fsp3) is 0.692. The quantitative estimate of drug-likeness (QED) is 0.900. The SMILES string of the molecule is CN(Cc1cc(Br)cs1)C(CN)C1CCOCC1. The Kier molecular flexibility index (Phi) is 5.63. The largest absolute Gasteiger partial charge is 0.381 e. The molecule has 0 bridgehead atoms. The predicted molar refractivity (Wildman–Crippen MR) is 79.9 cm³/mol. The number of hydrogen-bond acceptors (Lipinski definition) is 4. The second kappa shape index (κ2) is 7.01. The van der Waals surface area contributed by atoms with Gasteiger partial charge < -0.3 is 10.5 Å². The van der Waals surface area contributed by atoms with Crippen LogP contribution < -0.4 is 5.73 Å². The molecule has 0 radical (unpaired) electrons. The van der Waals surface area contributed by atoms with Crippen LogP contribution in [0.1, 0.15) is 17.7 Å². The number of nitrogens with two attached hydrogens (primary N) is 1. The molecule has 1 aromatic heterocycles. The Bertz CT molecular complexity index is 366. The zero-order chi connectivity index (χ0) is 13.0. The lowest BCUT2D eigenvalue weighted by atomic mass is 9.91. The lowest BCUT2D eigenvalue weighted by Gasteiger charge is -2.35. The van der Waals surface area contributed by atoms with Crippen LogP contribution in [0.3, 0.4) is 0 Å². The van der Waals surface area contributed by atoms with Crippen molar-refractivity contribution in [3.8, 4) is 0 Å². The van der Waals surface area contributed by atoms with Crippen LogP contribution in [0, 0.1) is 5.92 Å². The molecule has 2 N–H and O–H groups in total. The molecule has 18 heavy (non-hydrogen) atoms. The van der Waals surface area contributed by atoms with E-state index in [0.717, 1.165) is 39.1 Å². The van der Waals surface area contributed by atoms with Crippen molar-refractivity contribution in [2.24, 2.45) is 11.7 Å². The third-order valence-electron chi connectivity index (χ3n) is 3.64. The third-order valence-corrected chi connectivity index (χ3v) is 5.33. The molecule has 1 fully saturated rings. The van der Waals surface area contributed by atoms with Gasteiger partial charge >= 0.3 is 0 Å². The van der Waals surface area contributed by atoms with Gasteiger partial charge in [0.2, 0.25) is 0 Å². The summed E-state index contributed by atoms with van der Waals surface area (Å²) in [7, 11) is 2.18. The first-order chi connectivity index (χ1) is 8.70. The first-order valence-electron chi connectivity index (χ1n) is 6.41. The number of hydrogen-bond donors (Lipinski definition) is 1. The molecule has 1 aromatic rings. The second-order valence-corrected chi connectivity index (χ2v) is 6.81. The molecule has 0 amide bonds. The highest BCUT2D eigenvalue weighted by atomic mass is 79.9.